The van der Waals surface area contributed by atoms with Gasteiger partial charge in [-0.05, 0) is 60.9 Å². The van der Waals surface area contributed by atoms with E-state index in [1.807, 2.05) is 0 Å². The van der Waals surface area contributed by atoms with Gasteiger partial charge >= 0.3 is 12.2 Å². The van der Waals surface area contributed by atoms with Crippen molar-refractivity contribution in [2.24, 2.45) is 5.73 Å². The van der Waals surface area contributed by atoms with Gasteiger partial charge in [-0.25, -0.2) is 19.1 Å². The predicted octanol–water partition coefficient (Wildman–Crippen LogP) is 2.01. The normalized spacial score (nSPS) is 12.6. The van der Waals surface area contributed by atoms with Crippen LogP contribution in [0.25, 0.3) is 0 Å². The van der Waals surface area contributed by atoms with Crippen molar-refractivity contribution in [1.29, 1.82) is 0 Å². The van der Waals surface area contributed by atoms with E-state index in [9.17, 15) is 14.4 Å². The lowest BCUT2D eigenvalue weighted by atomic mass is 10.1. The van der Waals surface area contributed by atoms with E-state index < -0.39 is 35.3 Å². The van der Waals surface area contributed by atoms with Gasteiger partial charge in [0.15, 0.2) is 0 Å². The SMILES string of the molecule is CC(C)(C)OC(=O)N[C@@H](Cc1cn(C(=O)OC(C)(C)C)cn1)C(=O)NCCCOCCOCCOCCCN. The highest BCUT2D eigenvalue weighted by molar-refractivity contribution is 5.86. The van der Waals surface area contributed by atoms with Gasteiger partial charge in [0.2, 0.25) is 5.91 Å². The van der Waals surface area contributed by atoms with Gasteiger partial charge in [0, 0.05) is 32.4 Å². The topological polar surface area (TPSA) is 165 Å². The lowest BCUT2D eigenvalue weighted by Crippen LogP contribution is -2.49. The molecule has 13 heteroatoms. The third-order valence-corrected chi connectivity index (χ3v) is 4.66. The van der Waals surface area contributed by atoms with Crippen molar-refractivity contribution in [3.05, 3.63) is 18.2 Å². The molecule has 0 aliphatic rings. The quantitative estimate of drug-likeness (QED) is 0.241. The van der Waals surface area contributed by atoms with Crippen LogP contribution in [0.15, 0.2) is 12.5 Å². The number of nitrogens with zero attached hydrogens (tertiary/aromatic N) is 2. The first-order valence-corrected chi connectivity index (χ1v) is 13.3. The van der Waals surface area contributed by atoms with Crippen molar-refractivity contribution in [2.75, 3.05) is 52.7 Å². The first kappa shape index (κ1) is 34.3. The van der Waals surface area contributed by atoms with Crippen molar-refractivity contribution in [3.8, 4) is 0 Å². The molecule has 1 aromatic heterocycles. The number of nitrogens with one attached hydrogen (secondary N) is 2. The van der Waals surface area contributed by atoms with Crippen LogP contribution in [0, 0.1) is 0 Å². The number of carbonyl (C=O) groups excluding carboxylic acids is 3. The van der Waals surface area contributed by atoms with Crippen LogP contribution in [0.2, 0.25) is 0 Å². The third-order valence-electron chi connectivity index (χ3n) is 4.66. The van der Waals surface area contributed by atoms with Crippen molar-refractivity contribution < 1.29 is 38.1 Å². The monoisotopic (exact) mass is 557 g/mol. The number of nitrogens with two attached hydrogens (primary N) is 1. The summed E-state index contributed by atoms with van der Waals surface area (Å²) in [6.45, 7) is 14.4. The average Bonchev–Trinajstić information content (AvgIpc) is 3.28. The molecule has 1 atom stereocenters. The Morgan fingerprint density at radius 1 is 0.897 bits per heavy atom. The second-order valence-electron chi connectivity index (χ2n) is 10.8. The van der Waals surface area contributed by atoms with Gasteiger partial charge in [0.05, 0.1) is 32.1 Å². The average molecular weight is 558 g/mol. The number of hydrogen-bond acceptors (Lipinski definition) is 10. The number of ether oxygens (including phenoxy) is 5. The highest BCUT2D eigenvalue weighted by Gasteiger charge is 2.26. The Bertz CT molecular complexity index is 863. The smallest absolute Gasteiger partial charge is 0.419 e. The van der Waals surface area contributed by atoms with Gasteiger partial charge in [-0.15, -0.1) is 0 Å². The Labute approximate surface area is 231 Å². The molecule has 2 amide bonds. The Balaban J connectivity index is 2.49. The second-order valence-corrected chi connectivity index (χ2v) is 10.8. The number of hydrogen-bond donors (Lipinski definition) is 3. The summed E-state index contributed by atoms with van der Waals surface area (Å²) in [5, 5.41) is 5.39. The molecule has 4 N–H and O–H groups in total. The van der Waals surface area contributed by atoms with Gasteiger partial charge in [0.1, 0.15) is 23.6 Å². The minimum Gasteiger partial charge on any atom is -0.444 e. The molecule has 224 valence electrons. The van der Waals surface area contributed by atoms with Crippen LogP contribution in [-0.2, 0) is 34.9 Å². The van der Waals surface area contributed by atoms with Crippen LogP contribution >= 0.6 is 0 Å². The number of rotatable bonds is 17. The fourth-order valence-electron chi connectivity index (χ4n) is 2.99. The molecule has 0 aromatic carbocycles. The highest BCUT2D eigenvalue weighted by Crippen LogP contribution is 2.11. The van der Waals surface area contributed by atoms with Gasteiger partial charge in [-0.1, -0.05) is 0 Å². The molecule has 0 saturated carbocycles. The Hall–Kier alpha value is -2.74. The standard InChI is InChI=1S/C26H47N5O8/c1-25(2,3)38-23(33)30-21(17-20-18-31(19-29-20)24(34)39-26(4,5)6)22(32)28-10-8-12-36-14-16-37-15-13-35-11-7-9-27/h18-19,21H,7-17,27H2,1-6H3,(H,28,32)(H,30,33)/t21-/m0/s1. The summed E-state index contributed by atoms with van der Waals surface area (Å²) in [6, 6.07) is -0.969. The molecule has 1 aromatic rings. The van der Waals surface area contributed by atoms with Crippen LogP contribution < -0.4 is 16.4 Å². The molecular weight excluding hydrogens is 510 g/mol. The van der Waals surface area contributed by atoms with E-state index in [1.165, 1.54) is 17.1 Å². The molecule has 0 bridgehead atoms. The van der Waals surface area contributed by atoms with Crippen LogP contribution in [0.3, 0.4) is 0 Å². The number of alkyl carbamates (subject to hydrolysis) is 1. The van der Waals surface area contributed by atoms with Gasteiger partial charge in [0.25, 0.3) is 0 Å². The summed E-state index contributed by atoms with van der Waals surface area (Å²) in [6.07, 6.45) is 2.89. The summed E-state index contributed by atoms with van der Waals surface area (Å²) >= 11 is 0. The van der Waals surface area contributed by atoms with Crippen molar-refractivity contribution in [3.63, 3.8) is 0 Å². The fourth-order valence-corrected chi connectivity index (χ4v) is 2.99. The van der Waals surface area contributed by atoms with Gasteiger partial charge in [-0.2, -0.15) is 0 Å². The molecule has 39 heavy (non-hydrogen) atoms. The number of carbonyl (C=O) groups is 3. The zero-order chi connectivity index (χ0) is 29.3. The summed E-state index contributed by atoms with van der Waals surface area (Å²) in [7, 11) is 0. The number of imidazole rings is 1. The van der Waals surface area contributed by atoms with Crippen LogP contribution in [0.1, 0.15) is 60.1 Å². The Morgan fingerprint density at radius 2 is 1.46 bits per heavy atom. The summed E-state index contributed by atoms with van der Waals surface area (Å²) in [4.78, 5) is 41.7. The first-order valence-electron chi connectivity index (χ1n) is 13.3. The molecule has 0 spiro atoms. The number of aromatic nitrogens is 2. The minimum atomic E-state index is -0.969. The van der Waals surface area contributed by atoms with Gasteiger partial charge < -0.3 is 40.1 Å². The second kappa shape index (κ2) is 17.8. The lowest BCUT2D eigenvalue weighted by Gasteiger charge is -2.23. The van der Waals surface area contributed by atoms with Crippen LogP contribution in [0.5, 0.6) is 0 Å². The van der Waals surface area contributed by atoms with E-state index in [-0.39, 0.29) is 6.42 Å². The molecule has 1 rings (SSSR count). The Kier molecular flexibility index (Phi) is 15.6. The van der Waals surface area contributed by atoms with E-state index in [0.29, 0.717) is 64.8 Å². The van der Waals surface area contributed by atoms with E-state index in [0.717, 1.165) is 6.42 Å². The van der Waals surface area contributed by atoms with E-state index in [4.69, 9.17) is 29.4 Å². The zero-order valence-corrected chi connectivity index (χ0v) is 24.2. The molecule has 1 heterocycles. The summed E-state index contributed by atoms with van der Waals surface area (Å²) in [5.74, 6) is -0.411. The highest BCUT2D eigenvalue weighted by atomic mass is 16.6. The predicted molar refractivity (Wildman–Crippen MR) is 144 cm³/mol. The molecule has 0 saturated heterocycles. The minimum absolute atomic E-state index is 0.0463. The molecular formula is C26H47N5O8. The van der Waals surface area contributed by atoms with Crippen molar-refractivity contribution >= 4 is 18.1 Å². The van der Waals surface area contributed by atoms with E-state index in [1.54, 1.807) is 41.5 Å². The molecule has 0 unspecified atom stereocenters. The van der Waals surface area contributed by atoms with E-state index >= 15 is 0 Å². The summed E-state index contributed by atoms with van der Waals surface area (Å²) in [5.41, 5.74) is 4.41. The fraction of sp³-hybridized carbons (Fsp3) is 0.769. The van der Waals surface area contributed by atoms with Crippen LogP contribution in [0.4, 0.5) is 9.59 Å². The molecule has 13 nitrogen and oxygen atoms in total. The van der Waals surface area contributed by atoms with E-state index in [2.05, 4.69) is 15.6 Å². The van der Waals surface area contributed by atoms with Crippen molar-refractivity contribution in [2.45, 2.75) is 78.0 Å². The number of amides is 2. The molecule has 0 fully saturated rings. The van der Waals surface area contributed by atoms with Crippen molar-refractivity contribution in [1.82, 2.24) is 20.2 Å². The third kappa shape index (κ3) is 17.5. The molecule has 0 aliphatic carbocycles. The maximum atomic E-state index is 12.9. The molecule has 0 radical (unpaired) electrons. The Morgan fingerprint density at radius 3 is 2.03 bits per heavy atom. The van der Waals surface area contributed by atoms with Gasteiger partial charge in [-0.3, -0.25) is 4.79 Å². The maximum absolute atomic E-state index is 12.9. The summed E-state index contributed by atoms with van der Waals surface area (Å²) < 4.78 is 28.1. The lowest BCUT2D eigenvalue weighted by molar-refractivity contribution is -0.123. The maximum Gasteiger partial charge on any atom is 0.419 e. The van der Waals surface area contributed by atoms with Crippen LogP contribution in [-0.4, -0.2) is 97.6 Å². The largest absolute Gasteiger partial charge is 0.444 e. The zero-order valence-electron chi connectivity index (χ0n) is 24.2. The molecule has 0 aliphatic heterocycles. The first-order chi connectivity index (χ1) is 18.3.